The van der Waals surface area contributed by atoms with Gasteiger partial charge in [-0.2, -0.15) is 0 Å². The normalized spacial score (nSPS) is 17.5. The number of nitrogen functional groups attached to an aromatic ring is 1. The number of hydrogen-bond acceptors (Lipinski definition) is 5. The van der Waals surface area contributed by atoms with Gasteiger partial charge in [0.1, 0.15) is 19.0 Å². The molecule has 1 aromatic carbocycles. The van der Waals surface area contributed by atoms with E-state index in [9.17, 15) is 0 Å². The van der Waals surface area contributed by atoms with Gasteiger partial charge >= 0.3 is 0 Å². The molecule has 19 heavy (non-hydrogen) atoms. The summed E-state index contributed by atoms with van der Waals surface area (Å²) in [4.78, 5) is 0. The van der Waals surface area contributed by atoms with Crippen molar-refractivity contribution in [2.24, 2.45) is 0 Å². The molecule has 1 fully saturated rings. The molecule has 0 bridgehead atoms. The van der Waals surface area contributed by atoms with Crippen LogP contribution in [0.25, 0.3) is 11.1 Å². The molecule has 98 valence electrons. The van der Waals surface area contributed by atoms with Crippen LogP contribution in [0.5, 0.6) is 11.5 Å². The molecule has 5 heteroatoms. The third-order valence-electron chi connectivity index (χ3n) is 3.52. The molecule has 2 heterocycles. The van der Waals surface area contributed by atoms with Crippen molar-refractivity contribution < 1.29 is 14.0 Å². The van der Waals surface area contributed by atoms with Gasteiger partial charge in [0, 0.05) is 5.92 Å². The lowest BCUT2D eigenvalue weighted by molar-refractivity contribution is 0.171. The molecule has 1 aliphatic carbocycles. The zero-order chi connectivity index (χ0) is 12.8. The quantitative estimate of drug-likeness (QED) is 0.896. The summed E-state index contributed by atoms with van der Waals surface area (Å²) >= 11 is 0. The Labute approximate surface area is 110 Å². The monoisotopic (exact) mass is 258 g/mol. The molecular formula is C14H14N2O3. The van der Waals surface area contributed by atoms with Crippen LogP contribution in [0.15, 0.2) is 22.7 Å². The van der Waals surface area contributed by atoms with Crippen LogP contribution < -0.4 is 15.2 Å². The predicted molar refractivity (Wildman–Crippen MR) is 69.3 cm³/mol. The number of hydrogen-bond donors (Lipinski definition) is 1. The second-order valence-electron chi connectivity index (χ2n) is 4.94. The highest BCUT2D eigenvalue weighted by Gasteiger charge is 2.32. The van der Waals surface area contributed by atoms with Crippen molar-refractivity contribution in [1.82, 2.24) is 5.16 Å². The summed E-state index contributed by atoms with van der Waals surface area (Å²) in [5.41, 5.74) is 7.82. The van der Waals surface area contributed by atoms with Crippen LogP contribution in [0.2, 0.25) is 0 Å². The fraction of sp³-hybridized carbons (Fsp3) is 0.357. The van der Waals surface area contributed by atoms with Crippen LogP contribution in [0.3, 0.4) is 0 Å². The second-order valence-corrected chi connectivity index (χ2v) is 4.94. The van der Waals surface area contributed by atoms with Gasteiger partial charge in [0.15, 0.2) is 17.3 Å². The van der Waals surface area contributed by atoms with Gasteiger partial charge in [0.2, 0.25) is 0 Å². The standard InChI is InChI=1S/C14H14N2O3/c15-14-12(13(19-16-14)8-1-2-8)9-3-4-10-11(7-9)18-6-5-17-10/h3-4,7-8H,1-2,5-6H2,(H2,15,16). The lowest BCUT2D eigenvalue weighted by atomic mass is 10.0. The first kappa shape index (κ1) is 10.7. The maximum absolute atomic E-state index is 5.94. The molecule has 2 N–H and O–H groups in total. The Bertz CT molecular complexity index is 632. The Morgan fingerprint density at radius 2 is 1.89 bits per heavy atom. The van der Waals surface area contributed by atoms with E-state index in [1.807, 2.05) is 18.2 Å². The molecular weight excluding hydrogens is 244 g/mol. The molecule has 2 aliphatic rings. The highest BCUT2D eigenvalue weighted by atomic mass is 16.6. The number of fused-ring (bicyclic) bond motifs is 1. The van der Waals surface area contributed by atoms with Crippen molar-refractivity contribution in [2.45, 2.75) is 18.8 Å². The molecule has 2 aromatic rings. The molecule has 1 aliphatic heterocycles. The Balaban J connectivity index is 1.81. The highest BCUT2D eigenvalue weighted by Crippen LogP contribution is 2.47. The predicted octanol–water partition coefficient (Wildman–Crippen LogP) is 2.57. The summed E-state index contributed by atoms with van der Waals surface area (Å²) in [5.74, 6) is 3.34. The zero-order valence-electron chi connectivity index (χ0n) is 10.4. The van der Waals surface area contributed by atoms with Crippen LogP contribution in [0, 0.1) is 0 Å². The molecule has 0 saturated heterocycles. The molecule has 5 nitrogen and oxygen atoms in total. The van der Waals surface area contributed by atoms with Gasteiger partial charge in [0.25, 0.3) is 0 Å². The largest absolute Gasteiger partial charge is 0.486 e. The third-order valence-corrected chi connectivity index (χ3v) is 3.52. The van der Waals surface area contributed by atoms with E-state index < -0.39 is 0 Å². The molecule has 4 rings (SSSR count). The SMILES string of the molecule is Nc1noc(C2CC2)c1-c1ccc2c(c1)OCCO2. The van der Waals surface area contributed by atoms with Crippen molar-refractivity contribution in [2.75, 3.05) is 18.9 Å². The minimum absolute atomic E-state index is 0.443. The molecule has 1 saturated carbocycles. The average Bonchev–Trinajstić information content (AvgIpc) is 3.21. The van der Waals surface area contributed by atoms with Crippen molar-refractivity contribution in [3.05, 3.63) is 24.0 Å². The van der Waals surface area contributed by atoms with Crippen molar-refractivity contribution in [3.63, 3.8) is 0 Å². The molecule has 0 atom stereocenters. The molecule has 0 unspecified atom stereocenters. The smallest absolute Gasteiger partial charge is 0.175 e. The van der Waals surface area contributed by atoms with E-state index in [0.29, 0.717) is 24.9 Å². The first-order valence-electron chi connectivity index (χ1n) is 6.48. The third kappa shape index (κ3) is 1.73. The fourth-order valence-electron chi connectivity index (χ4n) is 2.43. The first-order valence-corrected chi connectivity index (χ1v) is 6.48. The summed E-state index contributed by atoms with van der Waals surface area (Å²) in [6.45, 7) is 1.17. The Kier molecular flexibility index (Phi) is 2.21. The summed E-state index contributed by atoms with van der Waals surface area (Å²) < 4.78 is 16.5. The van der Waals surface area contributed by atoms with Gasteiger partial charge in [-0.25, -0.2) is 0 Å². The van der Waals surface area contributed by atoms with Gasteiger partial charge in [-0.3, -0.25) is 0 Å². The molecule has 0 amide bonds. The van der Waals surface area contributed by atoms with Crippen LogP contribution in [0.4, 0.5) is 5.82 Å². The number of benzene rings is 1. The number of rotatable bonds is 2. The van der Waals surface area contributed by atoms with Crippen molar-refractivity contribution >= 4 is 5.82 Å². The van der Waals surface area contributed by atoms with Crippen LogP contribution in [0.1, 0.15) is 24.5 Å². The van der Waals surface area contributed by atoms with Gasteiger partial charge < -0.3 is 19.7 Å². The maximum Gasteiger partial charge on any atom is 0.175 e. The summed E-state index contributed by atoms with van der Waals surface area (Å²) in [6.07, 6.45) is 2.29. The number of anilines is 1. The van der Waals surface area contributed by atoms with E-state index in [1.54, 1.807) is 0 Å². The average molecular weight is 258 g/mol. The van der Waals surface area contributed by atoms with Crippen LogP contribution >= 0.6 is 0 Å². The van der Waals surface area contributed by atoms with E-state index in [4.69, 9.17) is 19.7 Å². The van der Waals surface area contributed by atoms with Crippen LogP contribution in [-0.4, -0.2) is 18.4 Å². The number of aromatic nitrogens is 1. The zero-order valence-corrected chi connectivity index (χ0v) is 10.4. The van der Waals surface area contributed by atoms with Gasteiger partial charge in [-0.1, -0.05) is 11.2 Å². The first-order chi connectivity index (χ1) is 9.33. The van der Waals surface area contributed by atoms with E-state index in [2.05, 4.69) is 5.16 Å². The summed E-state index contributed by atoms with van der Waals surface area (Å²) in [5, 5.41) is 3.90. The number of nitrogens with two attached hydrogens (primary N) is 1. The highest BCUT2D eigenvalue weighted by molar-refractivity contribution is 5.78. The molecule has 1 aromatic heterocycles. The lowest BCUT2D eigenvalue weighted by Crippen LogP contribution is -2.15. The minimum Gasteiger partial charge on any atom is -0.486 e. The Morgan fingerprint density at radius 1 is 1.11 bits per heavy atom. The van der Waals surface area contributed by atoms with E-state index in [1.165, 1.54) is 0 Å². The lowest BCUT2D eigenvalue weighted by Gasteiger charge is -2.18. The minimum atomic E-state index is 0.443. The fourth-order valence-corrected chi connectivity index (χ4v) is 2.43. The van der Waals surface area contributed by atoms with Gasteiger partial charge in [-0.05, 0) is 30.5 Å². The Morgan fingerprint density at radius 3 is 2.68 bits per heavy atom. The number of ether oxygens (including phenoxy) is 2. The Hall–Kier alpha value is -2.17. The summed E-state index contributed by atoms with van der Waals surface area (Å²) in [7, 11) is 0. The topological polar surface area (TPSA) is 70.5 Å². The van der Waals surface area contributed by atoms with E-state index >= 15 is 0 Å². The van der Waals surface area contributed by atoms with Crippen molar-refractivity contribution in [3.8, 4) is 22.6 Å². The van der Waals surface area contributed by atoms with Gasteiger partial charge in [0.05, 0.1) is 5.56 Å². The van der Waals surface area contributed by atoms with E-state index in [-0.39, 0.29) is 0 Å². The molecule has 0 radical (unpaired) electrons. The molecule has 0 spiro atoms. The summed E-state index contributed by atoms with van der Waals surface area (Å²) in [6, 6.07) is 5.83. The van der Waals surface area contributed by atoms with Gasteiger partial charge in [-0.15, -0.1) is 0 Å². The van der Waals surface area contributed by atoms with Crippen LogP contribution in [-0.2, 0) is 0 Å². The van der Waals surface area contributed by atoms with Crippen molar-refractivity contribution in [1.29, 1.82) is 0 Å². The van der Waals surface area contributed by atoms with E-state index in [0.717, 1.165) is 41.2 Å². The number of nitrogens with zero attached hydrogens (tertiary/aromatic N) is 1. The second kappa shape index (κ2) is 3.91. The maximum atomic E-state index is 5.94.